The molecule has 2 aromatic rings. The minimum atomic E-state index is -0.121. The van der Waals surface area contributed by atoms with Gasteiger partial charge in [0, 0.05) is 0 Å². The van der Waals surface area contributed by atoms with Gasteiger partial charge in [-0.1, -0.05) is 106 Å². The zero-order valence-corrected chi connectivity index (χ0v) is 18.2. The highest BCUT2D eigenvalue weighted by Gasteiger charge is 2.41. The molecule has 0 N–H and O–H groups in total. The van der Waals surface area contributed by atoms with E-state index in [-0.39, 0.29) is 18.1 Å². The van der Waals surface area contributed by atoms with E-state index in [4.69, 9.17) is 9.57 Å². The molecule has 162 valence electrons. The molecule has 0 spiro atoms. The van der Waals surface area contributed by atoms with Gasteiger partial charge in [0.15, 0.2) is 0 Å². The van der Waals surface area contributed by atoms with Gasteiger partial charge in [0.1, 0.15) is 6.61 Å². The molecule has 0 bridgehead atoms. The number of nitrogens with zero attached hydrogens (tertiary/aromatic N) is 1. The number of unbranched alkanes of at least 4 members (excludes halogenated alkanes) is 5. The summed E-state index contributed by atoms with van der Waals surface area (Å²) in [5, 5.41) is 1.61. The number of hydrogen-bond donors (Lipinski definition) is 0. The van der Waals surface area contributed by atoms with Crippen molar-refractivity contribution in [2.75, 3.05) is 0 Å². The predicted molar refractivity (Wildman–Crippen MR) is 119 cm³/mol. The second-order valence-corrected chi connectivity index (χ2v) is 8.14. The number of amides is 1. The van der Waals surface area contributed by atoms with Crippen LogP contribution in [0.5, 0.6) is 0 Å². The van der Waals surface area contributed by atoms with Gasteiger partial charge < -0.3 is 4.74 Å². The molecule has 2 atom stereocenters. The SMILES string of the molecule is CCCCCCCC[C@@H]1[C@@H](OCc2ccccc2)CC(=O)N1OCc1ccccc1. The van der Waals surface area contributed by atoms with Crippen LogP contribution in [0.2, 0.25) is 0 Å². The standard InChI is InChI=1S/C26H35NO3/c1-2-3-4-5-6-13-18-24-25(29-20-22-14-9-7-10-15-22)19-26(28)27(24)30-21-23-16-11-8-12-17-23/h7-12,14-17,24-25H,2-6,13,18-21H2,1H3/t24-,25+/m1/s1. The Balaban J connectivity index is 1.57. The number of hydroxylamine groups is 2. The van der Waals surface area contributed by atoms with Crippen molar-refractivity contribution in [3.05, 3.63) is 71.8 Å². The van der Waals surface area contributed by atoms with E-state index >= 15 is 0 Å². The Morgan fingerprint density at radius 3 is 2.10 bits per heavy atom. The summed E-state index contributed by atoms with van der Waals surface area (Å²) in [5.41, 5.74) is 2.20. The molecule has 1 saturated heterocycles. The van der Waals surface area contributed by atoms with Gasteiger partial charge in [-0.3, -0.25) is 9.63 Å². The van der Waals surface area contributed by atoms with Crippen LogP contribution in [0.3, 0.4) is 0 Å². The Morgan fingerprint density at radius 1 is 0.833 bits per heavy atom. The lowest BCUT2D eigenvalue weighted by atomic mass is 10.0. The third-order valence-electron chi connectivity index (χ3n) is 5.73. The fraction of sp³-hybridized carbons (Fsp3) is 0.500. The van der Waals surface area contributed by atoms with Crippen molar-refractivity contribution < 1.29 is 14.4 Å². The van der Waals surface area contributed by atoms with Crippen molar-refractivity contribution in [1.29, 1.82) is 0 Å². The van der Waals surface area contributed by atoms with Gasteiger partial charge >= 0.3 is 0 Å². The van der Waals surface area contributed by atoms with Crippen molar-refractivity contribution in [3.8, 4) is 0 Å². The van der Waals surface area contributed by atoms with Gasteiger partial charge in [-0.2, -0.15) is 0 Å². The van der Waals surface area contributed by atoms with Crippen molar-refractivity contribution >= 4 is 5.91 Å². The Bertz CT molecular complexity index is 734. The third kappa shape index (κ3) is 6.96. The third-order valence-corrected chi connectivity index (χ3v) is 5.73. The van der Waals surface area contributed by atoms with E-state index < -0.39 is 0 Å². The molecule has 1 fully saturated rings. The number of carbonyl (C=O) groups excluding carboxylic acids is 1. The first-order chi connectivity index (χ1) is 14.8. The van der Waals surface area contributed by atoms with Crippen molar-refractivity contribution in [1.82, 2.24) is 5.06 Å². The zero-order valence-electron chi connectivity index (χ0n) is 18.2. The molecular weight excluding hydrogens is 374 g/mol. The molecule has 0 radical (unpaired) electrons. The molecule has 4 nitrogen and oxygen atoms in total. The van der Waals surface area contributed by atoms with Crippen LogP contribution in [-0.2, 0) is 27.6 Å². The number of carbonyl (C=O) groups is 1. The molecule has 0 unspecified atom stereocenters. The van der Waals surface area contributed by atoms with Crippen LogP contribution in [0, 0.1) is 0 Å². The first-order valence-corrected chi connectivity index (χ1v) is 11.4. The summed E-state index contributed by atoms with van der Waals surface area (Å²) in [4.78, 5) is 18.7. The highest BCUT2D eigenvalue weighted by molar-refractivity contribution is 5.78. The van der Waals surface area contributed by atoms with Crippen LogP contribution < -0.4 is 0 Å². The summed E-state index contributed by atoms with van der Waals surface area (Å²) in [7, 11) is 0. The number of rotatable bonds is 13. The Kier molecular flexibility index (Phi) is 9.39. The van der Waals surface area contributed by atoms with Crippen molar-refractivity contribution in [2.45, 2.75) is 83.6 Å². The maximum atomic E-state index is 12.7. The smallest absolute Gasteiger partial charge is 0.249 e. The summed E-state index contributed by atoms with van der Waals surface area (Å²) in [6.45, 7) is 3.17. The summed E-state index contributed by atoms with van der Waals surface area (Å²) in [5.74, 6) is 0.0278. The van der Waals surface area contributed by atoms with E-state index in [0.29, 0.717) is 19.6 Å². The van der Waals surface area contributed by atoms with Crippen LogP contribution in [0.4, 0.5) is 0 Å². The number of hydrogen-bond acceptors (Lipinski definition) is 3. The molecule has 0 saturated carbocycles. The fourth-order valence-corrected chi connectivity index (χ4v) is 4.00. The lowest BCUT2D eigenvalue weighted by molar-refractivity contribution is -0.201. The molecule has 1 amide bonds. The van der Waals surface area contributed by atoms with Crippen LogP contribution in [0.1, 0.15) is 69.4 Å². The van der Waals surface area contributed by atoms with Crippen LogP contribution in [0.15, 0.2) is 60.7 Å². The quantitative estimate of drug-likeness (QED) is 0.378. The largest absolute Gasteiger partial charge is 0.371 e. The summed E-state index contributed by atoms with van der Waals surface area (Å²) in [6.07, 6.45) is 8.60. The molecule has 2 aromatic carbocycles. The Labute approximate surface area is 181 Å². The minimum absolute atomic E-state index is 0.0175. The van der Waals surface area contributed by atoms with Crippen LogP contribution in [-0.4, -0.2) is 23.1 Å². The number of ether oxygens (including phenoxy) is 1. The second kappa shape index (κ2) is 12.5. The topological polar surface area (TPSA) is 38.8 Å². The van der Waals surface area contributed by atoms with E-state index in [2.05, 4.69) is 19.1 Å². The summed E-state index contributed by atoms with van der Waals surface area (Å²) >= 11 is 0. The first kappa shape index (κ1) is 22.5. The molecule has 0 aliphatic carbocycles. The zero-order chi connectivity index (χ0) is 21.0. The van der Waals surface area contributed by atoms with Gasteiger partial charge in [-0.25, -0.2) is 5.06 Å². The molecule has 4 heteroatoms. The lowest BCUT2D eigenvalue weighted by Crippen LogP contribution is -2.38. The Morgan fingerprint density at radius 2 is 1.43 bits per heavy atom. The molecular formula is C26H35NO3. The van der Waals surface area contributed by atoms with E-state index in [9.17, 15) is 4.79 Å². The average Bonchev–Trinajstić information content (AvgIpc) is 3.09. The molecule has 3 rings (SSSR count). The molecule has 30 heavy (non-hydrogen) atoms. The fourth-order valence-electron chi connectivity index (χ4n) is 4.00. The van der Waals surface area contributed by atoms with Crippen LogP contribution >= 0.6 is 0 Å². The second-order valence-electron chi connectivity index (χ2n) is 8.14. The first-order valence-electron chi connectivity index (χ1n) is 11.4. The van der Waals surface area contributed by atoms with Crippen molar-refractivity contribution in [2.24, 2.45) is 0 Å². The van der Waals surface area contributed by atoms with E-state index in [1.807, 2.05) is 48.5 Å². The van der Waals surface area contributed by atoms with Gasteiger partial charge in [0.05, 0.1) is 25.2 Å². The molecule has 1 aliphatic rings. The normalized spacial score (nSPS) is 18.8. The molecule has 1 aliphatic heterocycles. The van der Waals surface area contributed by atoms with Gasteiger partial charge in [0.2, 0.25) is 5.91 Å². The monoisotopic (exact) mass is 409 g/mol. The van der Waals surface area contributed by atoms with E-state index in [0.717, 1.165) is 24.0 Å². The van der Waals surface area contributed by atoms with Gasteiger partial charge in [-0.05, 0) is 17.5 Å². The predicted octanol–water partition coefficient (Wildman–Crippen LogP) is 6.06. The van der Waals surface area contributed by atoms with Crippen LogP contribution in [0.25, 0.3) is 0 Å². The lowest BCUT2D eigenvalue weighted by Gasteiger charge is -2.27. The Hall–Kier alpha value is -2.17. The van der Waals surface area contributed by atoms with Crippen molar-refractivity contribution in [3.63, 3.8) is 0 Å². The van der Waals surface area contributed by atoms with Gasteiger partial charge in [-0.15, -0.1) is 0 Å². The van der Waals surface area contributed by atoms with E-state index in [1.165, 1.54) is 32.1 Å². The molecule has 1 heterocycles. The summed E-state index contributed by atoms with van der Waals surface area (Å²) in [6, 6.07) is 20.1. The summed E-state index contributed by atoms with van der Waals surface area (Å²) < 4.78 is 6.21. The van der Waals surface area contributed by atoms with E-state index in [1.54, 1.807) is 5.06 Å². The average molecular weight is 410 g/mol. The minimum Gasteiger partial charge on any atom is -0.371 e. The maximum Gasteiger partial charge on any atom is 0.249 e. The highest BCUT2D eigenvalue weighted by atomic mass is 16.7. The number of benzene rings is 2. The highest BCUT2D eigenvalue weighted by Crippen LogP contribution is 2.28. The maximum absolute atomic E-state index is 12.7. The molecule has 0 aromatic heterocycles. The van der Waals surface area contributed by atoms with Gasteiger partial charge in [0.25, 0.3) is 0 Å².